The summed E-state index contributed by atoms with van der Waals surface area (Å²) in [5.74, 6) is 0.694. The van der Waals surface area contributed by atoms with Gasteiger partial charge in [-0.1, -0.05) is 13.8 Å². The summed E-state index contributed by atoms with van der Waals surface area (Å²) in [4.78, 5) is 0. The summed E-state index contributed by atoms with van der Waals surface area (Å²) in [5.41, 5.74) is 0. The van der Waals surface area contributed by atoms with Crippen LogP contribution < -0.4 is 0 Å². The maximum absolute atomic E-state index is 8.87. The van der Waals surface area contributed by atoms with Crippen molar-refractivity contribution in [3.63, 3.8) is 0 Å². The fourth-order valence-corrected chi connectivity index (χ4v) is 1.30. The molecule has 2 aliphatic rings. The summed E-state index contributed by atoms with van der Waals surface area (Å²) in [6, 6.07) is 0. The molecule has 2 aliphatic heterocycles. The van der Waals surface area contributed by atoms with E-state index in [1.165, 1.54) is 0 Å². The Morgan fingerprint density at radius 3 is 1.21 bits per heavy atom. The average Bonchev–Trinajstić information content (AvgIpc) is 2.67. The molecule has 84 valence electrons. The fourth-order valence-electron chi connectivity index (χ4n) is 1.30. The van der Waals surface area contributed by atoms with Crippen LogP contribution in [0.15, 0.2) is 0 Å². The van der Waals surface area contributed by atoms with E-state index in [4.69, 9.17) is 19.7 Å². The van der Waals surface area contributed by atoms with E-state index >= 15 is 0 Å². The monoisotopic (exact) mass is 204 g/mol. The van der Waals surface area contributed by atoms with Crippen molar-refractivity contribution in [3.05, 3.63) is 0 Å². The molecular weight excluding hydrogens is 184 g/mol. The molecule has 0 aromatic heterocycles. The van der Waals surface area contributed by atoms with Crippen molar-refractivity contribution in [1.82, 2.24) is 0 Å². The van der Waals surface area contributed by atoms with Crippen molar-refractivity contribution in [2.75, 3.05) is 26.4 Å². The fraction of sp³-hybridized carbons (Fsp3) is 1.00. The summed E-state index contributed by atoms with van der Waals surface area (Å²) in [7, 11) is 0. The van der Waals surface area contributed by atoms with Crippen molar-refractivity contribution in [2.45, 2.75) is 26.1 Å². The number of rotatable bonds is 0. The molecule has 2 fully saturated rings. The lowest BCUT2D eigenvalue weighted by Gasteiger charge is -2.00. The van der Waals surface area contributed by atoms with Gasteiger partial charge in [0, 0.05) is 11.8 Å². The first-order valence-corrected chi connectivity index (χ1v) is 5.13. The Kier molecular flexibility index (Phi) is 4.81. The van der Waals surface area contributed by atoms with Crippen molar-refractivity contribution < 1.29 is 19.7 Å². The van der Waals surface area contributed by atoms with Crippen molar-refractivity contribution in [1.29, 1.82) is 0 Å². The van der Waals surface area contributed by atoms with Gasteiger partial charge < -0.3 is 19.7 Å². The Labute approximate surface area is 84.8 Å². The molecule has 0 radical (unpaired) electrons. The summed E-state index contributed by atoms with van der Waals surface area (Å²) in [5, 5.41) is 17.7. The van der Waals surface area contributed by atoms with E-state index in [9.17, 15) is 0 Å². The van der Waals surface area contributed by atoms with Gasteiger partial charge >= 0.3 is 0 Å². The molecule has 0 aliphatic carbocycles. The zero-order chi connectivity index (χ0) is 10.6. The lowest BCUT2D eigenvalue weighted by atomic mass is 10.1. The van der Waals surface area contributed by atoms with Gasteiger partial charge in [-0.3, -0.25) is 0 Å². The molecule has 2 N–H and O–H groups in total. The van der Waals surface area contributed by atoms with E-state index in [-0.39, 0.29) is 12.2 Å². The summed E-state index contributed by atoms with van der Waals surface area (Å²) in [6.45, 7) is 6.47. The summed E-state index contributed by atoms with van der Waals surface area (Å²) >= 11 is 0. The van der Waals surface area contributed by atoms with E-state index < -0.39 is 0 Å². The van der Waals surface area contributed by atoms with Crippen LogP contribution in [0.1, 0.15) is 13.8 Å². The van der Waals surface area contributed by atoms with Gasteiger partial charge in [-0.25, -0.2) is 0 Å². The largest absolute Gasteiger partial charge is 0.390 e. The number of aliphatic hydroxyl groups is 2. The third-order valence-electron chi connectivity index (χ3n) is 2.65. The standard InChI is InChI=1S/2C5H10O2/c2*1-4-2-7-3-5(4)6/h2*4-6H,2-3H2,1H3/t2*4-,5+/m10/s1. The molecule has 2 heterocycles. The molecular formula is C10H20O4. The van der Waals surface area contributed by atoms with Gasteiger partial charge in [0.15, 0.2) is 0 Å². The molecule has 4 atom stereocenters. The maximum atomic E-state index is 8.87. The van der Waals surface area contributed by atoms with Gasteiger partial charge in [0.25, 0.3) is 0 Å². The topological polar surface area (TPSA) is 58.9 Å². The lowest BCUT2D eigenvalue weighted by Crippen LogP contribution is -2.13. The van der Waals surface area contributed by atoms with Crippen molar-refractivity contribution in [2.24, 2.45) is 11.8 Å². The zero-order valence-corrected chi connectivity index (χ0v) is 8.85. The molecule has 0 spiro atoms. The third-order valence-corrected chi connectivity index (χ3v) is 2.65. The van der Waals surface area contributed by atoms with Crippen LogP contribution >= 0.6 is 0 Å². The predicted molar refractivity (Wildman–Crippen MR) is 52.0 cm³/mol. The number of hydrogen-bond acceptors (Lipinski definition) is 4. The molecule has 14 heavy (non-hydrogen) atoms. The average molecular weight is 204 g/mol. The minimum absolute atomic E-state index is 0.208. The molecule has 4 nitrogen and oxygen atoms in total. The third kappa shape index (κ3) is 3.53. The Hall–Kier alpha value is -0.160. The highest BCUT2D eigenvalue weighted by Gasteiger charge is 2.21. The van der Waals surface area contributed by atoms with Crippen LogP contribution in [-0.4, -0.2) is 48.8 Å². The van der Waals surface area contributed by atoms with E-state index in [1.807, 2.05) is 13.8 Å². The van der Waals surface area contributed by atoms with E-state index in [1.54, 1.807) is 0 Å². The Morgan fingerprint density at radius 1 is 0.786 bits per heavy atom. The SMILES string of the molecule is C[C@@H]1COC[C@@H]1O.C[C@H]1COC[C@H]1O. The minimum Gasteiger partial charge on any atom is -0.390 e. The minimum atomic E-state index is -0.208. The zero-order valence-electron chi connectivity index (χ0n) is 8.85. The molecule has 0 bridgehead atoms. The molecule has 0 amide bonds. The van der Waals surface area contributed by atoms with Crippen LogP contribution in [0.25, 0.3) is 0 Å². The molecule has 4 heteroatoms. The van der Waals surface area contributed by atoms with E-state index in [0.717, 1.165) is 13.2 Å². The maximum Gasteiger partial charge on any atom is 0.0821 e. The molecule has 0 saturated carbocycles. The molecule has 2 rings (SSSR count). The van der Waals surface area contributed by atoms with Gasteiger partial charge in [-0.15, -0.1) is 0 Å². The highest BCUT2D eigenvalue weighted by molar-refractivity contribution is 4.68. The summed E-state index contributed by atoms with van der Waals surface area (Å²) in [6.07, 6.45) is -0.417. The molecule has 0 aromatic carbocycles. The van der Waals surface area contributed by atoms with Gasteiger partial charge in [-0.05, 0) is 0 Å². The Bertz CT molecular complexity index is 128. The van der Waals surface area contributed by atoms with E-state index in [0.29, 0.717) is 25.0 Å². The Balaban J connectivity index is 0.000000140. The molecule has 0 aromatic rings. The normalized spacial score (nSPS) is 42.0. The first-order chi connectivity index (χ1) is 6.61. The van der Waals surface area contributed by atoms with Crippen LogP contribution in [0.5, 0.6) is 0 Å². The van der Waals surface area contributed by atoms with Crippen LogP contribution in [0.3, 0.4) is 0 Å². The number of ether oxygens (including phenoxy) is 2. The van der Waals surface area contributed by atoms with Crippen molar-refractivity contribution >= 4 is 0 Å². The van der Waals surface area contributed by atoms with Gasteiger partial charge in [0.05, 0.1) is 38.6 Å². The second kappa shape index (κ2) is 5.66. The van der Waals surface area contributed by atoms with Crippen LogP contribution in [0, 0.1) is 11.8 Å². The molecule has 0 unspecified atom stereocenters. The van der Waals surface area contributed by atoms with Crippen LogP contribution in [0.2, 0.25) is 0 Å². The molecule has 2 saturated heterocycles. The van der Waals surface area contributed by atoms with Gasteiger partial charge in [0.2, 0.25) is 0 Å². The van der Waals surface area contributed by atoms with Gasteiger partial charge in [-0.2, -0.15) is 0 Å². The second-order valence-corrected chi connectivity index (χ2v) is 4.16. The smallest absolute Gasteiger partial charge is 0.0821 e. The lowest BCUT2D eigenvalue weighted by molar-refractivity contribution is 0.120. The first-order valence-electron chi connectivity index (χ1n) is 5.13. The Morgan fingerprint density at radius 2 is 1.14 bits per heavy atom. The number of hydrogen-bond donors (Lipinski definition) is 2. The van der Waals surface area contributed by atoms with E-state index in [2.05, 4.69) is 0 Å². The van der Waals surface area contributed by atoms with Crippen LogP contribution in [0.4, 0.5) is 0 Å². The highest BCUT2D eigenvalue weighted by atomic mass is 16.5. The van der Waals surface area contributed by atoms with Crippen molar-refractivity contribution in [3.8, 4) is 0 Å². The number of aliphatic hydroxyl groups excluding tert-OH is 2. The first kappa shape index (κ1) is 11.9. The predicted octanol–water partition coefficient (Wildman–Crippen LogP) is 0.0272. The highest BCUT2D eigenvalue weighted by Crippen LogP contribution is 2.11. The summed E-state index contributed by atoms with van der Waals surface area (Å²) < 4.78 is 9.84. The second-order valence-electron chi connectivity index (χ2n) is 4.16. The van der Waals surface area contributed by atoms with Crippen LogP contribution in [-0.2, 0) is 9.47 Å². The van der Waals surface area contributed by atoms with Gasteiger partial charge in [0.1, 0.15) is 0 Å². The quantitative estimate of drug-likeness (QED) is 0.584.